The molecule has 1 N–H and O–H groups in total. The molecule has 0 bridgehead atoms. The summed E-state index contributed by atoms with van der Waals surface area (Å²) in [7, 11) is 0. The molecule has 0 aromatic heterocycles. The van der Waals surface area contributed by atoms with E-state index < -0.39 is 17.6 Å². The quantitative estimate of drug-likeness (QED) is 0.622. The third kappa shape index (κ3) is 4.59. The van der Waals surface area contributed by atoms with E-state index in [0.717, 1.165) is 11.1 Å². The Bertz CT molecular complexity index is 1200. The first-order valence-electron chi connectivity index (χ1n) is 11.3. The fourth-order valence-corrected chi connectivity index (χ4v) is 4.61. The minimum Gasteiger partial charge on any atom is -0.454 e. The van der Waals surface area contributed by atoms with Gasteiger partial charge in [0.2, 0.25) is 12.7 Å². The summed E-state index contributed by atoms with van der Waals surface area (Å²) in [5.74, 6) is -0.170. The summed E-state index contributed by atoms with van der Waals surface area (Å²) in [6.45, 7) is 1.20. The van der Waals surface area contributed by atoms with Crippen LogP contribution in [0.3, 0.4) is 0 Å². The van der Waals surface area contributed by atoms with Gasteiger partial charge >= 0.3 is 0 Å². The van der Waals surface area contributed by atoms with E-state index in [-0.39, 0.29) is 30.7 Å². The normalized spacial score (nSPS) is 19.0. The molecule has 2 aliphatic rings. The predicted octanol–water partition coefficient (Wildman–Crippen LogP) is 4.12. The predicted molar refractivity (Wildman–Crippen MR) is 124 cm³/mol. The van der Waals surface area contributed by atoms with Crippen LogP contribution in [-0.4, -0.2) is 36.6 Å². The topological polar surface area (TPSA) is 67.9 Å². The van der Waals surface area contributed by atoms with Crippen molar-refractivity contribution in [1.82, 2.24) is 10.2 Å². The Morgan fingerprint density at radius 1 is 0.941 bits per heavy atom. The fraction of sp³-hybridized carbons (Fsp3) is 0.259. The van der Waals surface area contributed by atoms with Gasteiger partial charge in [-0.15, -0.1) is 0 Å². The molecule has 6 nitrogen and oxygen atoms in total. The molecule has 1 fully saturated rings. The van der Waals surface area contributed by atoms with Crippen molar-refractivity contribution in [1.29, 1.82) is 0 Å². The number of ether oxygens (including phenoxy) is 2. The van der Waals surface area contributed by atoms with Crippen molar-refractivity contribution >= 4 is 11.8 Å². The summed E-state index contributed by atoms with van der Waals surface area (Å²) in [4.78, 5) is 28.0. The van der Waals surface area contributed by atoms with Crippen molar-refractivity contribution < 1.29 is 23.5 Å². The Labute approximate surface area is 197 Å². The first-order chi connectivity index (χ1) is 16.6. The number of halogens is 1. The second kappa shape index (κ2) is 9.55. The number of hydrogen-bond acceptors (Lipinski definition) is 4. The third-order valence-corrected chi connectivity index (χ3v) is 6.39. The van der Waals surface area contributed by atoms with Gasteiger partial charge in [-0.1, -0.05) is 48.5 Å². The molecule has 2 aliphatic heterocycles. The van der Waals surface area contributed by atoms with Gasteiger partial charge < -0.3 is 19.7 Å². The van der Waals surface area contributed by atoms with Crippen LogP contribution in [0, 0.1) is 11.7 Å². The molecule has 0 spiro atoms. The van der Waals surface area contributed by atoms with Crippen molar-refractivity contribution in [3.63, 3.8) is 0 Å². The smallest absolute Gasteiger partial charge is 0.256 e. The number of amides is 2. The summed E-state index contributed by atoms with van der Waals surface area (Å²) in [6.07, 6.45) is 0.609. The highest BCUT2D eigenvalue weighted by atomic mass is 19.1. The molecule has 2 atom stereocenters. The van der Waals surface area contributed by atoms with Gasteiger partial charge in [-0.25, -0.2) is 4.39 Å². The Kier molecular flexibility index (Phi) is 6.16. The molecule has 34 heavy (non-hydrogen) atoms. The standard InChI is InChI=1S/C27H25FN2O4/c28-23-9-5-4-8-22(23)27(32)30-15-20(19-6-2-1-3-7-19)13-21(16-30)26(31)29-14-18-10-11-24-25(12-18)34-17-33-24/h1-12,20-21H,13-17H2,(H,29,31)/t20-,21-/m1/s1. The average molecular weight is 461 g/mol. The van der Waals surface area contributed by atoms with Crippen molar-refractivity contribution in [2.24, 2.45) is 5.92 Å². The number of nitrogens with zero attached hydrogens (tertiary/aromatic N) is 1. The lowest BCUT2D eigenvalue weighted by Crippen LogP contribution is -2.48. The largest absolute Gasteiger partial charge is 0.454 e. The first-order valence-corrected chi connectivity index (χ1v) is 11.3. The second-order valence-corrected chi connectivity index (χ2v) is 8.64. The molecule has 2 heterocycles. The minimum absolute atomic E-state index is 0.0213. The molecule has 2 amide bonds. The zero-order valence-corrected chi connectivity index (χ0v) is 18.6. The highest BCUT2D eigenvalue weighted by molar-refractivity contribution is 5.95. The van der Waals surface area contributed by atoms with Crippen LogP contribution in [-0.2, 0) is 11.3 Å². The van der Waals surface area contributed by atoms with Gasteiger partial charge in [-0.2, -0.15) is 0 Å². The van der Waals surface area contributed by atoms with E-state index in [0.29, 0.717) is 31.0 Å². The maximum Gasteiger partial charge on any atom is 0.256 e. The summed E-state index contributed by atoms with van der Waals surface area (Å²) < 4.78 is 25.1. The van der Waals surface area contributed by atoms with Crippen LogP contribution in [0.25, 0.3) is 0 Å². The molecule has 3 aromatic rings. The number of carbonyl (C=O) groups is 2. The maximum absolute atomic E-state index is 14.3. The van der Waals surface area contributed by atoms with E-state index in [9.17, 15) is 14.0 Å². The number of hydrogen-bond donors (Lipinski definition) is 1. The summed E-state index contributed by atoms with van der Waals surface area (Å²) >= 11 is 0. The number of piperidine rings is 1. The Hall–Kier alpha value is -3.87. The van der Waals surface area contributed by atoms with E-state index in [1.165, 1.54) is 12.1 Å². The highest BCUT2D eigenvalue weighted by Crippen LogP contribution is 2.33. The maximum atomic E-state index is 14.3. The molecule has 0 saturated carbocycles. The van der Waals surface area contributed by atoms with E-state index in [4.69, 9.17) is 9.47 Å². The molecule has 174 valence electrons. The van der Waals surface area contributed by atoms with Crippen LogP contribution in [0.5, 0.6) is 11.5 Å². The minimum atomic E-state index is -0.557. The van der Waals surface area contributed by atoms with Gasteiger partial charge in [0.1, 0.15) is 5.82 Å². The van der Waals surface area contributed by atoms with Crippen LogP contribution in [0.1, 0.15) is 33.8 Å². The Morgan fingerprint density at radius 2 is 1.71 bits per heavy atom. The lowest BCUT2D eigenvalue weighted by molar-refractivity contribution is -0.126. The van der Waals surface area contributed by atoms with Gasteiger partial charge in [-0.05, 0) is 41.8 Å². The van der Waals surface area contributed by atoms with Crippen LogP contribution in [0.15, 0.2) is 72.8 Å². The monoisotopic (exact) mass is 460 g/mol. The number of fused-ring (bicyclic) bond motifs is 1. The summed E-state index contributed by atoms with van der Waals surface area (Å²) in [5, 5.41) is 3.00. The number of benzene rings is 3. The van der Waals surface area contributed by atoms with Crippen molar-refractivity contribution in [2.75, 3.05) is 19.9 Å². The molecule has 0 aliphatic carbocycles. The average Bonchev–Trinajstić information content (AvgIpc) is 3.35. The van der Waals surface area contributed by atoms with E-state index in [1.807, 2.05) is 48.5 Å². The summed E-state index contributed by atoms with van der Waals surface area (Å²) in [6, 6.07) is 21.4. The lowest BCUT2D eigenvalue weighted by atomic mass is 9.83. The molecule has 3 aromatic carbocycles. The molecule has 0 radical (unpaired) electrons. The molecule has 5 rings (SSSR count). The summed E-state index contributed by atoms with van der Waals surface area (Å²) in [5.41, 5.74) is 1.98. The molecular weight excluding hydrogens is 435 g/mol. The zero-order chi connectivity index (χ0) is 23.5. The molecule has 1 saturated heterocycles. The van der Waals surface area contributed by atoms with E-state index >= 15 is 0 Å². The zero-order valence-electron chi connectivity index (χ0n) is 18.6. The Balaban J connectivity index is 1.33. The van der Waals surface area contributed by atoms with Crippen LogP contribution >= 0.6 is 0 Å². The van der Waals surface area contributed by atoms with E-state index in [2.05, 4.69) is 5.32 Å². The van der Waals surface area contributed by atoms with Crippen molar-refractivity contribution in [3.05, 3.63) is 95.3 Å². The van der Waals surface area contributed by atoms with Crippen molar-refractivity contribution in [3.8, 4) is 11.5 Å². The Morgan fingerprint density at radius 3 is 2.53 bits per heavy atom. The van der Waals surface area contributed by atoms with Crippen LogP contribution < -0.4 is 14.8 Å². The third-order valence-electron chi connectivity index (χ3n) is 6.39. The number of nitrogens with one attached hydrogen (secondary N) is 1. The lowest BCUT2D eigenvalue weighted by Gasteiger charge is -2.37. The van der Waals surface area contributed by atoms with Gasteiger partial charge in [0, 0.05) is 25.6 Å². The van der Waals surface area contributed by atoms with Gasteiger partial charge in [0.05, 0.1) is 11.5 Å². The molecule has 0 unspecified atom stereocenters. The fourth-order valence-electron chi connectivity index (χ4n) is 4.61. The SMILES string of the molecule is O=C(NCc1ccc2c(c1)OCO2)[C@@H]1C[C@@H](c2ccccc2)CN(C(=O)c2ccccc2F)C1. The molecule has 7 heteroatoms. The number of likely N-dealkylation sites (tertiary alicyclic amines) is 1. The number of rotatable bonds is 5. The van der Waals surface area contributed by atoms with E-state index in [1.54, 1.807) is 17.0 Å². The van der Waals surface area contributed by atoms with Gasteiger partial charge in [-0.3, -0.25) is 9.59 Å². The second-order valence-electron chi connectivity index (χ2n) is 8.64. The van der Waals surface area contributed by atoms with Crippen LogP contribution in [0.4, 0.5) is 4.39 Å². The van der Waals surface area contributed by atoms with Crippen LogP contribution in [0.2, 0.25) is 0 Å². The first kappa shape index (κ1) is 21.9. The molecular formula is C27H25FN2O4. The highest BCUT2D eigenvalue weighted by Gasteiger charge is 2.35. The van der Waals surface area contributed by atoms with Gasteiger partial charge in [0.15, 0.2) is 11.5 Å². The number of carbonyl (C=O) groups excluding carboxylic acids is 2. The van der Waals surface area contributed by atoms with Crippen molar-refractivity contribution in [2.45, 2.75) is 18.9 Å². The van der Waals surface area contributed by atoms with Gasteiger partial charge in [0.25, 0.3) is 5.91 Å².